The molecule has 21 heavy (non-hydrogen) atoms. The van der Waals surface area contributed by atoms with Gasteiger partial charge >= 0.3 is 0 Å². The zero-order chi connectivity index (χ0) is 15.9. The maximum Gasteiger partial charge on any atom is 0.246 e. The summed E-state index contributed by atoms with van der Waals surface area (Å²) in [5.41, 5.74) is 6.30. The fourth-order valence-electron chi connectivity index (χ4n) is 3.19. The molecule has 7 heteroatoms. The average molecular weight is 315 g/mol. The molecule has 0 bridgehead atoms. The Kier molecular flexibility index (Phi) is 4.49. The summed E-state index contributed by atoms with van der Waals surface area (Å²) in [6, 6.07) is 0.231. The predicted octanol–water partition coefficient (Wildman–Crippen LogP) is 0.926. The highest BCUT2D eigenvalue weighted by molar-refractivity contribution is 7.89. The fraction of sp³-hybridized carbons (Fsp3) is 0.714. The molecule has 0 aliphatic carbocycles. The van der Waals surface area contributed by atoms with Gasteiger partial charge in [0, 0.05) is 31.2 Å². The van der Waals surface area contributed by atoms with Gasteiger partial charge in [0.25, 0.3) is 0 Å². The van der Waals surface area contributed by atoms with Gasteiger partial charge in [0.1, 0.15) is 16.4 Å². The van der Waals surface area contributed by atoms with Crippen LogP contribution in [0.1, 0.15) is 24.0 Å². The Bertz CT molecular complexity index is 622. The third-order valence-corrected chi connectivity index (χ3v) is 6.36. The van der Waals surface area contributed by atoms with E-state index in [0.29, 0.717) is 36.1 Å². The lowest BCUT2D eigenvalue weighted by Gasteiger charge is -2.22. The van der Waals surface area contributed by atoms with Crippen LogP contribution in [-0.4, -0.2) is 50.8 Å². The van der Waals surface area contributed by atoms with E-state index in [9.17, 15) is 8.42 Å². The van der Waals surface area contributed by atoms with E-state index in [2.05, 4.69) is 11.8 Å². The van der Waals surface area contributed by atoms with E-state index in [1.807, 2.05) is 14.1 Å². The van der Waals surface area contributed by atoms with Crippen molar-refractivity contribution in [1.82, 2.24) is 9.21 Å². The minimum atomic E-state index is -3.56. The summed E-state index contributed by atoms with van der Waals surface area (Å²) < 4.78 is 32.9. The second-order valence-electron chi connectivity index (χ2n) is 6.06. The van der Waals surface area contributed by atoms with Gasteiger partial charge in [0.05, 0.1) is 0 Å². The lowest BCUT2D eigenvalue weighted by atomic mass is 10.1. The van der Waals surface area contributed by atoms with Crippen LogP contribution < -0.4 is 5.73 Å². The van der Waals surface area contributed by atoms with Gasteiger partial charge < -0.3 is 15.1 Å². The minimum Gasteiger partial charge on any atom is -0.465 e. The molecule has 120 valence electrons. The Labute approximate surface area is 126 Å². The van der Waals surface area contributed by atoms with Crippen molar-refractivity contribution in [3.8, 4) is 0 Å². The van der Waals surface area contributed by atoms with Crippen molar-refractivity contribution in [3.05, 3.63) is 17.1 Å². The van der Waals surface area contributed by atoms with E-state index in [0.717, 1.165) is 0 Å². The molecule has 1 aromatic heterocycles. The Balaban J connectivity index is 2.41. The third-order valence-electron chi connectivity index (χ3n) is 4.33. The van der Waals surface area contributed by atoms with E-state index in [4.69, 9.17) is 10.2 Å². The molecule has 0 aromatic carbocycles. The molecule has 0 saturated carbocycles. The van der Waals surface area contributed by atoms with Gasteiger partial charge in [-0.15, -0.1) is 0 Å². The first-order chi connectivity index (χ1) is 9.70. The molecule has 0 spiro atoms. The van der Waals surface area contributed by atoms with E-state index in [1.54, 1.807) is 18.2 Å². The largest absolute Gasteiger partial charge is 0.465 e. The molecular formula is C14H25N3O3S. The Morgan fingerprint density at radius 2 is 1.90 bits per heavy atom. The summed E-state index contributed by atoms with van der Waals surface area (Å²) in [5.74, 6) is 1.31. The van der Waals surface area contributed by atoms with E-state index >= 15 is 0 Å². The second-order valence-corrected chi connectivity index (χ2v) is 7.93. The molecule has 2 N–H and O–H groups in total. The van der Waals surface area contributed by atoms with Crippen molar-refractivity contribution in [2.45, 2.75) is 38.3 Å². The van der Waals surface area contributed by atoms with Crippen LogP contribution in [0.25, 0.3) is 0 Å². The Morgan fingerprint density at radius 3 is 2.38 bits per heavy atom. The normalized spacial score (nSPS) is 24.1. The van der Waals surface area contributed by atoms with Crippen molar-refractivity contribution in [2.24, 2.45) is 11.7 Å². The highest BCUT2D eigenvalue weighted by Crippen LogP contribution is 2.32. The van der Waals surface area contributed by atoms with Crippen molar-refractivity contribution in [3.63, 3.8) is 0 Å². The SMILES string of the molecule is Cc1oc(C)c(S(=O)(=O)N2CC(C)C(N(C)C)C2)c1CN. The summed E-state index contributed by atoms with van der Waals surface area (Å²) in [4.78, 5) is 2.34. The standard InChI is InChI=1S/C14H25N3O3S/c1-9-7-17(8-13(9)16(4)5)21(18,19)14-11(3)20-10(2)12(14)6-15/h9,13H,6-8,15H2,1-5H3. The van der Waals surface area contributed by atoms with Gasteiger partial charge in [-0.2, -0.15) is 4.31 Å². The number of hydrogen-bond acceptors (Lipinski definition) is 5. The van der Waals surface area contributed by atoms with Gasteiger partial charge in [-0.3, -0.25) is 0 Å². The maximum atomic E-state index is 13.0. The summed E-state index contributed by atoms with van der Waals surface area (Å²) in [7, 11) is 0.406. The quantitative estimate of drug-likeness (QED) is 0.894. The van der Waals surface area contributed by atoms with Crippen molar-refractivity contribution in [1.29, 1.82) is 0 Å². The third kappa shape index (κ3) is 2.75. The predicted molar refractivity (Wildman–Crippen MR) is 81.5 cm³/mol. The zero-order valence-electron chi connectivity index (χ0n) is 13.4. The molecule has 2 heterocycles. The molecule has 0 amide bonds. The topological polar surface area (TPSA) is 79.8 Å². The summed E-state index contributed by atoms with van der Waals surface area (Å²) in [6.07, 6.45) is 0. The summed E-state index contributed by atoms with van der Waals surface area (Å²) in [5, 5.41) is 0. The lowest BCUT2D eigenvalue weighted by Crippen LogP contribution is -2.36. The van der Waals surface area contributed by atoms with Crippen molar-refractivity contribution < 1.29 is 12.8 Å². The van der Waals surface area contributed by atoms with E-state index in [1.165, 1.54) is 0 Å². The van der Waals surface area contributed by atoms with Crippen LogP contribution in [0.4, 0.5) is 0 Å². The van der Waals surface area contributed by atoms with Gasteiger partial charge in [0.15, 0.2) is 0 Å². The molecule has 1 fully saturated rings. The van der Waals surface area contributed by atoms with E-state index < -0.39 is 10.0 Å². The maximum absolute atomic E-state index is 13.0. The highest BCUT2D eigenvalue weighted by atomic mass is 32.2. The van der Waals surface area contributed by atoms with Crippen LogP contribution in [0.2, 0.25) is 0 Å². The number of likely N-dealkylation sites (N-methyl/N-ethyl adjacent to an activating group) is 1. The molecule has 2 unspecified atom stereocenters. The fourth-order valence-corrected chi connectivity index (χ4v) is 5.17. The Hall–Kier alpha value is -0.890. The first kappa shape index (κ1) is 16.5. The molecular weight excluding hydrogens is 290 g/mol. The van der Waals surface area contributed by atoms with Crippen LogP contribution >= 0.6 is 0 Å². The van der Waals surface area contributed by atoms with Crippen LogP contribution in [0.15, 0.2) is 9.31 Å². The minimum absolute atomic E-state index is 0.165. The first-order valence-electron chi connectivity index (χ1n) is 7.15. The molecule has 2 atom stereocenters. The lowest BCUT2D eigenvalue weighted by molar-refractivity contribution is 0.263. The van der Waals surface area contributed by atoms with Crippen molar-refractivity contribution >= 4 is 10.0 Å². The van der Waals surface area contributed by atoms with Gasteiger partial charge in [0.2, 0.25) is 10.0 Å². The molecule has 1 aliphatic rings. The van der Waals surface area contributed by atoms with Gasteiger partial charge in [-0.25, -0.2) is 8.42 Å². The number of nitrogens with two attached hydrogens (primary N) is 1. The summed E-state index contributed by atoms with van der Waals surface area (Å²) >= 11 is 0. The molecule has 1 saturated heterocycles. The van der Waals surface area contributed by atoms with Crippen LogP contribution in [-0.2, 0) is 16.6 Å². The first-order valence-corrected chi connectivity index (χ1v) is 8.59. The smallest absolute Gasteiger partial charge is 0.246 e. The second kappa shape index (κ2) is 5.72. The zero-order valence-corrected chi connectivity index (χ0v) is 14.2. The number of furan rings is 1. The number of nitrogens with zero attached hydrogens (tertiary/aromatic N) is 2. The van der Waals surface area contributed by atoms with Crippen LogP contribution in [0.3, 0.4) is 0 Å². The van der Waals surface area contributed by atoms with Crippen LogP contribution in [0, 0.1) is 19.8 Å². The molecule has 6 nitrogen and oxygen atoms in total. The number of aryl methyl sites for hydroxylation is 2. The molecule has 1 aliphatic heterocycles. The Morgan fingerprint density at radius 1 is 1.29 bits per heavy atom. The number of hydrogen-bond donors (Lipinski definition) is 1. The monoisotopic (exact) mass is 315 g/mol. The van der Waals surface area contributed by atoms with Gasteiger partial charge in [-0.05, 0) is 33.9 Å². The van der Waals surface area contributed by atoms with Crippen LogP contribution in [0.5, 0.6) is 0 Å². The number of sulfonamides is 1. The highest BCUT2D eigenvalue weighted by Gasteiger charge is 2.40. The molecule has 1 aromatic rings. The van der Waals surface area contributed by atoms with E-state index in [-0.39, 0.29) is 17.5 Å². The molecule has 2 rings (SSSR count). The molecule has 0 radical (unpaired) electrons. The summed E-state index contributed by atoms with van der Waals surface area (Å²) in [6.45, 7) is 6.71. The average Bonchev–Trinajstić information content (AvgIpc) is 2.89. The van der Waals surface area contributed by atoms with Crippen molar-refractivity contribution in [2.75, 3.05) is 27.2 Å². The number of rotatable bonds is 4. The van der Waals surface area contributed by atoms with Gasteiger partial charge in [-0.1, -0.05) is 6.92 Å².